The minimum Gasteiger partial charge on any atom is -0.486 e. The molecule has 0 unspecified atom stereocenters. The van der Waals surface area contributed by atoms with E-state index in [0.717, 1.165) is 5.56 Å². The largest absolute Gasteiger partial charge is 0.486 e. The van der Waals surface area contributed by atoms with Crippen molar-refractivity contribution >= 4 is 15.9 Å². The highest BCUT2D eigenvalue weighted by atomic mass is 79.9. The summed E-state index contributed by atoms with van der Waals surface area (Å²) in [7, 11) is 0. The molecule has 1 heterocycles. The number of hydrogen-bond acceptors (Lipinski definition) is 3. The van der Waals surface area contributed by atoms with Gasteiger partial charge in [-0.05, 0) is 34.5 Å². The van der Waals surface area contributed by atoms with Gasteiger partial charge in [0.15, 0.2) is 11.5 Å². The average Bonchev–Trinajstić information content (AvgIpc) is 2.18. The minimum absolute atomic E-state index is 0.527. The van der Waals surface area contributed by atoms with Gasteiger partial charge < -0.3 is 9.47 Å². The molecule has 0 aromatic heterocycles. The lowest BCUT2D eigenvalue weighted by Gasteiger charge is -2.20. The number of benzene rings is 1. The Morgan fingerprint density at radius 2 is 2.14 bits per heavy atom. The summed E-state index contributed by atoms with van der Waals surface area (Å²) < 4.78 is 11.5. The van der Waals surface area contributed by atoms with E-state index in [2.05, 4.69) is 22.0 Å². The molecule has 1 aromatic carbocycles. The molecule has 14 heavy (non-hydrogen) atoms. The summed E-state index contributed by atoms with van der Waals surface area (Å²) in [5.41, 5.74) is 1.50. The molecule has 0 aliphatic carbocycles. The number of rotatable bonds is 0. The van der Waals surface area contributed by atoms with Gasteiger partial charge in [0.2, 0.25) is 0 Å². The number of ether oxygens (including phenoxy) is 2. The lowest BCUT2D eigenvalue weighted by molar-refractivity contribution is 0.170. The molecule has 4 heteroatoms. The van der Waals surface area contributed by atoms with Gasteiger partial charge in [0.05, 0.1) is 10.0 Å². The van der Waals surface area contributed by atoms with Gasteiger partial charge in [0, 0.05) is 0 Å². The van der Waals surface area contributed by atoms with Crippen LogP contribution in [0.5, 0.6) is 11.5 Å². The van der Waals surface area contributed by atoms with Gasteiger partial charge in [-0.3, -0.25) is 0 Å². The second-order valence-corrected chi connectivity index (χ2v) is 3.81. The van der Waals surface area contributed by atoms with E-state index in [9.17, 15) is 0 Å². The highest BCUT2D eigenvalue weighted by molar-refractivity contribution is 9.10. The van der Waals surface area contributed by atoms with Crippen LogP contribution >= 0.6 is 15.9 Å². The van der Waals surface area contributed by atoms with E-state index in [1.54, 1.807) is 0 Å². The predicted octanol–water partition coefficient (Wildman–Crippen LogP) is 2.40. The summed E-state index contributed by atoms with van der Waals surface area (Å²) in [5.74, 6) is 1.35. The van der Waals surface area contributed by atoms with Crippen LogP contribution in [0, 0.1) is 18.3 Å². The van der Waals surface area contributed by atoms with E-state index in [-0.39, 0.29) is 0 Å². The molecule has 0 amide bonds. The zero-order valence-corrected chi connectivity index (χ0v) is 9.22. The van der Waals surface area contributed by atoms with Crippen molar-refractivity contribution in [3.05, 3.63) is 21.7 Å². The molecule has 1 aliphatic heterocycles. The van der Waals surface area contributed by atoms with Gasteiger partial charge in [-0.2, -0.15) is 5.26 Å². The highest BCUT2D eigenvalue weighted by Crippen LogP contribution is 2.40. The Morgan fingerprint density at radius 1 is 1.43 bits per heavy atom. The first-order valence-corrected chi connectivity index (χ1v) is 5.02. The van der Waals surface area contributed by atoms with Crippen molar-refractivity contribution in [2.45, 2.75) is 6.92 Å². The quantitative estimate of drug-likeness (QED) is 0.713. The lowest BCUT2D eigenvalue weighted by Crippen LogP contribution is -2.16. The normalized spacial score (nSPS) is 13.5. The smallest absolute Gasteiger partial charge is 0.176 e. The Labute approximate surface area is 90.4 Å². The molecule has 0 saturated carbocycles. The number of hydrogen-bond donors (Lipinski definition) is 0. The number of nitriles is 1. The van der Waals surface area contributed by atoms with Crippen molar-refractivity contribution in [3.63, 3.8) is 0 Å². The Bertz CT molecular complexity index is 423. The van der Waals surface area contributed by atoms with E-state index in [1.807, 2.05) is 13.0 Å². The van der Waals surface area contributed by atoms with Crippen LogP contribution in [0.1, 0.15) is 11.1 Å². The van der Waals surface area contributed by atoms with Crippen molar-refractivity contribution in [2.24, 2.45) is 0 Å². The summed E-state index contributed by atoms with van der Waals surface area (Å²) >= 11 is 3.35. The molecule has 3 nitrogen and oxygen atoms in total. The first kappa shape index (κ1) is 9.35. The van der Waals surface area contributed by atoms with Crippen LogP contribution < -0.4 is 9.47 Å². The molecule has 0 fully saturated rings. The van der Waals surface area contributed by atoms with E-state index in [0.29, 0.717) is 34.7 Å². The molecule has 0 atom stereocenters. The van der Waals surface area contributed by atoms with E-state index < -0.39 is 0 Å². The molecule has 0 N–H and O–H groups in total. The van der Waals surface area contributed by atoms with Gasteiger partial charge >= 0.3 is 0 Å². The van der Waals surface area contributed by atoms with E-state index in [4.69, 9.17) is 14.7 Å². The Hall–Kier alpha value is -1.21. The van der Waals surface area contributed by atoms with E-state index >= 15 is 0 Å². The highest BCUT2D eigenvalue weighted by Gasteiger charge is 2.19. The topological polar surface area (TPSA) is 42.2 Å². The third-order valence-electron chi connectivity index (χ3n) is 2.08. The predicted molar refractivity (Wildman–Crippen MR) is 54.6 cm³/mol. The first-order chi connectivity index (χ1) is 6.74. The molecule has 0 saturated heterocycles. The van der Waals surface area contributed by atoms with Crippen LogP contribution in [0.4, 0.5) is 0 Å². The SMILES string of the molecule is Cc1cc2c(c(Br)c1C#N)OCCO2. The summed E-state index contributed by atoms with van der Waals surface area (Å²) in [5, 5.41) is 8.92. The maximum absolute atomic E-state index is 8.92. The maximum Gasteiger partial charge on any atom is 0.176 e. The van der Waals surface area contributed by atoms with Crippen molar-refractivity contribution in [1.82, 2.24) is 0 Å². The van der Waals surface area contributed by atoms with Crippen LogP contribution in [-0.2, 0) is 0 Å². The van der Waals surface area contributed by atoms with Crippen LogP contribution in [0.25, 0.3) is 0 Å². The maximum atomic E-state index is 8.92. The molecule has 0 bridgehead atoms. The lowest BCUT2D eigenvalue weighted by atomic mass is 10.1. The van der Waals surface area contributed by atoms with Crippen LogP contribution in [0.15, 0.2) is 10.5 Å². The zero-order chi connectivity index (χ0) is 10.1. The van der Waals surface area contributed by atoms with Crippen LogP contribution in [0.2, 0.25) is 0 Å². The van der Waals surface area contributed by atoms with Gasteiger partial charge in [-0.15, -0.1) is 0 Å². The van der Waals surface area contributed by atoms with Crippen molar-refractivity contribution in [2.75, 3.05) is 13.2 Å². The second-order valence-electron chi connectivity index (χ2n) is 3.02. The van der Waals surface area contributed by atoms with Crippen molar-refractivity contribution < 1.29 is 9.47 Å². The van der Waals surface area contributed by atoms with Gasteiger partial charge in [0.25, 0.3) is 0 Å². The van der Waals surface area contributed by atoms with Crippen LogP contribution in [-0.4, -0.2) is 13.2 Å². The Morgan fingerprint density at radius 3 is 2.86 bits per heavy atom. The summed E-state index contributed by atoms with van der Waals surface area (Å²) in [4.78, 5) is 0. The molecule has 2 rings (SSSR count). The molecule has 72 valence electrons. The number of halogens is 1. The summed E-state index contributed by atoms with van der Waals surface area (Å²) in [6.07, 6.45) is 0. The van der Waals surface area contributed by atoms with Crippen molar-refractivity contribution in [3.8, 4) is 17.6 Å². The Balaban J connectivity index is 2.65. The molecule has 1 aromatic rings. The molecule has 0 spiro atoms. The molecule has 0 radical (unpaired) electrons. The molecular weight excluding hydrogens is 246 g/mol. The van der Waals surface area contributed by atoms with Gasteiger partial charge in [-0.25, -0.2) is 0 Å². The van der Waals surface area contributed by atoms with Crippen molar-refractivity contribution in [1.29, 1.82) is 5.26 Å². The summed E-state index contributed by atoms with van der Waals surface area (Å²) in [6.45, 7) is 2.96. The minimum atomic E-state index is 0.527. The fourth-order valence-electron chi connectivity index (χ4n) is 1.40. The van der Waals surface area contributed by atoms with Crippen LogP contribution in [0.3, 0.4) is 0 Å². The number of nitrogens with zero attached hydrogens (tertiary/aromatic N) is 1. The summed E-state index contributed by atoms with van der Waals surface area (Å²) in [6, 6.07) is 3.96. The third kappa shape index (κ3) is 1.34. The Kier molecular flexibility index (Phi) is 2.34. The monoisotopic (exact) mass is 253 g/mol. The van der Waals surface area contributed by atoms with E-state index in [1.165, 1.54) is 0 Å². The number of fused-ring (bicyclic) bond motifs is 1. The molecular formula is C10H8BrNO2. The average molecular weight is 254 g/mol. The second kappa shape index (κ2) is 3.50. The van der Waals surface area contributed by atoms with Gasteiger partial charge in [0.1, 0.15) is 19.3 Å². The first-order valence-electron chi connectivity index (χ1n) is 4.23. The third-order valence-corrected chi connectivity index (χ3v) is 2.84. The van der Waals surface area contributed by atoms with Gasteiger partial charge in [-0.1, -0.05) is 0 Å². The fourth-order valence-corrected chi connectivity index (χ4v) is 2.11. The number of aryl methyl sites for hydroxylation is 1. The standard InChI is InChI=1S/C10H8BrNO2/c1-6-4-8-10(14-3-2-13-8)9(11)7(6)5-12/h4H,2-3H2,1H3. The molecule has 1 aliphatic rings. The zero-order valence-electron chi connectivity index (χ0n) is 7.63. The fraction of sp³-hybridized carbons (Fsp3) is 0.300.